The number of carbonyl (C=O) groups excluding carboxylic acids is 2. The van der Waals surface area contributed by atoms with Gasteiger partial charge in [0, 0.05) is 24.0 Å². The van der Waals surface area contributed by atoms with Crippen molar-refractivity contribution in [3.8, 4) is 17.2 Å². The molecule has 0 spiro atoms. The van der Waals surface area contributed by atoms with E-state index in [1.807, 2.05) is 0 Å². The Morgan fingerprint density at radius 1 is 1.00 bits per heavy atom. The van der Waals surface area contributed by atoms with Crippen LogP contribution in [0.15, 0.2) is 42.5 Å². The van der Waals surface area contributed by atoms with Crippen LogP contribution in [0.25, 0.3) is 0 Å². The number of aliphatic carboxylic acids is 1. The van der Waals surface area contributed by atoms with Crippen molar-refractivity contribution in [2.24, 2.45) is 5.92 Å². The van der Waals surface area contributed by atoms with Crippen molar-refractivity contribution >= 4 is 17.6 Å². The second-order valence-electron chi connectivity index (χ2n) is 6.49. The summed E-state index contributed by atoms with van der Waals surface area (Å²) in [5.74, 6) is -0.558. The molecule has 0 radical (unpaired) electrons. The Morgan fingerprint density at radius 2 is 1.68 bits per heavy atom. The molecule has 2 atom stereocenters. The lowest BCUT2D eigenvalue weighted by Gasteiger charge is -2.42. The third-order valence-corrected chi connectivity index (χ3v) is 5.00. The minimum atomic E-state index is -1.19. The van der Waals surface area contributed by atoms with Crippen LogP contribution in [-0.4, -0.2) is 33.2 Å². The average molecular weight is 384 g/mol. The highest BCUT2D eigenvalue weighted by Gasteiger charge is 2.38. The Kier molecular flexibility index (Phi) is 5.73. The van der Waals surface area contributed by atoms with Gasteiger partial charge in [-0.15, -0.1) is 0 Å². The minimum Gasteiger partial charge on any atom is -0.550 e. The molecular formula is C21H22NO6-. The molecule has 2 aromatic carbocycles. The number of piperidine rings is 1. The fourth-order valence-corrected chi connectivity index (χ4v) is 3.60. The maximum Gasteiger partial charge on any atom is 0.227 e. The van der Waals surface area contributed by atoms with Crippen LogP contribution >= 0.6 is 0 Å². The van der Waals surface area contributed by atoms with E-state index in [0.29, 0.717) is 28.5 Å². The van der Waals surface area contributed by atoms with E-state index in [0.717, 1.165) is 0 Å². The lowest BCUT2D eigenvalue weighted by molar-refractivity contribution is -0.312. The molecule has 0 saturated carbocycles. The summed E-state index contributed by atoms with van der Waals surface area (Å²) in [4.78, 5) is 26.2. The molecule has 0 aromatic heterocycles. The number of anilines is 1. The van der Waals surface area contributed by atoms with Gasteiger partial charge in [0.15, 0.2) is 11.5 Å². The predicted molar refractivity (Wildman–Crippen MR) is 100 cm³/mol. The van der Waals surface area contributed by atoms with Crippen molar-refractivity contribution in [2.75, 3.05) is 26.2 Å². The van der Waals surface area contributed by atoms with Gasteiger partial charge in [0.25, 0.3) is 0 Å². The zero-order chi connectivity index (χ0) is 20.3. The van der Waals surface area contributed by atoms with E-state index in [4.69, 9.17) is 14.2 Å². The number of nitrogens with zero attached hydrogens (tertiary/aromatic N) is 1. The Morgan fingerprint density at radius 3 is 2.25 bits per heavy atom. The molecule has 1 heterocycles. The molecule has 0 unspecified atom stereocenters. The third kappa shape index (κ3) is 3.60. The second kappa shape index (κ2) is 8.21. The van der Waals surface area contributed by atoms with E-state index < -0.39 is 17.9 Å². The van der Waals surface area contributed by atoms with Gasteiger partial charge in [0.2, 0.25) is 5.91 Å². The normalized spacial score (nSPS) is 19.2. The van der Waals surface area contributed by atoms with E-state index in [2.05, 4.69) is 0 Å². The quantitative estimate of drug-likeness (QED) is 0.756. The van der Waals surface area contributed by atoms with Gasteiger partial charge in [-0.3, -0.25) is 4.79 Å². The zero-order valence-corrected chi connectivity index (χ0v) is 16.0. The molecule has 1 amide bonds. The predicted octanol–water partition coefficient (Wildman–Crippen LogP) is 1.95. The number of hydrogen-bond donors (Lipinski definition) is 0. The number of methoxy groups -OCH3 is 3. The third-order valence-electron chi connectivity index (χ3n) is 5.00. The molecule has 7 heteroatoms. The van der Waals surface area contributed by atoms with E-state index >= 15 is 0 Å². The molecule has 1 saturated heterocycles. The van der Waals surface area contributed by atoms with Crippen molar-refractivity contribution in [1.29, 1.82) is 0 Å². The number of carbonyl (C=O) groups is 2. The highest BCUT2D eigenvalue weighted by molar-refractivity contribution is 5.96. The molecule has 0 aliphatic carbocycles. The van der Waals surface area contributed by atoms with Gasteiger partial charge < -0.3 is 29.0 Å². The molecule has 1 fully saturated rings. The summed E-state index contributed by atoms with van der Waals surface area (Å²) in [6, 6.07) is 11.4. The fourth-order valence-electron chi connectivity index (χ4n) is 3.60. The maximum absolute atomic E-state index is 12.8. The topological polar surface area (TPSA) is 88.1 Å². The number of rotatable bonds is 6. The highest BCUT2D eigenvalue weighted by Crippen LogP contribution is 2.42. The molecule has 7 nitrogen and oxygen atoms in total. The Balaban J connectivity index is 2.11. The van der Waals surface area contributed by atoms with Crippen LogP contribution < -0.4 is 24.2 Å². The van der Waals surface area contributed by atoms with Crippen LogP contribution in [0.1, 0.15) is 24.4 Å². The number of benzene rings is 2. The van der Waals surface area contributed by atoms with Gasteiger partial charge >= 0.3 is 0 Å². The van der Waals surface area contributed by atoms with Gasteiger partial charge in [-0.1, -0.05) is 6.07 Å². The molecule has 148 valence electrons. The highest BCUT2D eigenvalue weighted by atomic mass is 16.5. The first-order valence-corrected chi connectivity index (χ1v) is 8.89. The summed E-state index contributed by atoms with van der Waals surface area (Å²) in [6.07, 6.45) is 0.349. The van der Waals surface area contributed by atoms with Crippen LogP contribution in [0.2, 0.25) is 0 Å². The van der Waals surface area contributed by atoms with E-state index in [9.17, 15) is 14.7 Å². The first-order chi connectivity index (χ1) is 13.5. The molecule has 0 bridgehead atoms. The van der Waals surface area contributed by atoms with Crippen LogP contribution in [-0.2, 0) is 9.59 Å². The van der Waals surface area contributed by atoms with Gasteiger partial charge in [0.1, 0.15) is 5.75 Å². The maximum atomic E-state index is 12.8. The summed E-state index contributed by atoms with van der Waals surface area (Å²) in [7, 11) is 4.58. The van der Waals surface area contributed by atoms with Crippen molar-refractivity contribution in [1.82, 2.24) is 0 Å². The van der Waals surface area contributed by atoms with Gasteiger partial charge in [-0.25, -0.2) is 0 Å². The largest absolute Gasteiger partial charge is 0.550 e. The Labute approximate surface area is 163 Å². The fraction of sp³-hybridized carbons (Fsp3) is 0.333. The summed E-state index contributed by atoms with van der Waals surface area (Å²) >= 11 is 0. The monoisotopic (exact) mass is 384 g/mol. The number of hydrogen-bond acceptors (Lipinski definition) is 6. The van der Waals surface area contributed by atoms with Crippen LogP contribution in [0.4, 0.5) is 5.69 Å². The molecular weight excluding hydrogens is 362 g/mol. The smallest absolute Gasteiger partial charge is 0.227 e. The second-order valence-corrected chi connectivity index (χ2v) is 6.49. The zero-order valence-electron chi connectivity index (χ0n) is 16.0. The van der Waals surface area contributed by atoms with Crippen molar-refractivity contribution < 1.29 is 28.9 Å². The SMILES string of the molecule is COc1ccc(N2C(=O)CC[C@H](C(=O)[O-])[C@H]2c2ccc(OC)c(OC)c2)cc1. The average Bonchev–Trinajstić information content (AvgIpc) is 2.72. The Hall–Kier alpha value is -3.22. The van der Waals surface area contributed by atoms with Crippen LogP contribution in [0.5, 0.6) is 17.2 Å². The summed E-state index contributed by atoms with van der Waals surface area (Å²) in [5.41, 5.74) is 1.23. The molecule has 3 rings (SSSR count). The molecule has 2 aromatic rings. The number of carboxylic acid groups (broad SMARTS) is 1. The molecule has 0 N–H and O–H groups in total. The first kappa shape index (κ1) is 19.5. The van der Waals surface area contributed by atoms with Crippen LogP contribution in [0, 0.1) is 5.92 Å². The van der Waals surface area contributed by atoms with E-state index in [1.54, 1.807) is 49.6 Å². The minimum absolute atomic E-state index is 0.133. The van der Waals surface area contributed by atoms with Gasteiger partial charge in [0.05, 0.1) is 27.4 Å². The van der Waals surface area contributed by atoms with E-state index in [1.165, 1.54) is 19.1 Å². The Bertz CT molecular complexity index is 864. The van der Waals surface area contributed by atoms with Crippen molar-refractivity contribution in [3.63, 3.8) is 0 Å². The number of ether oxygens (including phenoxy) is 3. The molecule has 1 aliphatic rings. The lowest BCUT2D eigenvalue weighted by atomic mass is 9.83. The van der Waals surface area contributed by atoms with Gasteiger partial charge in [-0.05, 0) is 48.4 Å². The molecule has 28 heavy (non-hydrogen) atoms. The standard InChI is InChI=1S/C21H23NO6/c1-26-15-7-5-14(6-8-15)22-19(23)11-9-16(21(24)25)20(22)13-4-10-17(27-2)18(12-13)28-3/h4-8,10,12,16,20H,9,11H2,1-3H3,(H,24,25)/p-1/t16-,20+/m0/s1. The number of carboxylic acids is 1. The van der Waals surface area contributed by atoms with E-state index in [-0.39, 0.29) is 18.7 Å². The van der Waals surface area contributed by atoms with Crippen molar-refractivity contribution in [2.45, 2.75) is 18.9 Å². The first-order valence-electron chi connectivity index (χ1n) is 8.89. The summed E-state index contributed by atoms with van der Waals surface area (Å²) in [6.45, 7) is 0. The number of amides is 1. The van der Waals surface area contributed by atoms with Crippen molar-refractivity contribution in [3.05, 3.63) is 48.0 Å². The summed E-state index contributed by atoms with van der Waals surface area (Å²) < 4.78 is 15.8. The lowest BCUT2D eigenvalue weighted by Crippen LogP contribution is -2.49. The van der Waals surface area contributed by atoms with Gasteiger partial charge in [-0.2, -0.15) is 0 Å². The van der Waals surface area contributed by atoms with Crippen LogP contribution in [0.3, 0.4) is 0 Å². The molecule has 1 aliphatic heterocycles. The summed E-state index contributed by atoms with van der Waals surface area (Å²) in [5, 5.41) is 11.9.